The highest BCUT2D eigenvalue weighted by Crippen LogP contribution is 2.32. The van der Waals surface area contributed by atoms with Gasteiger partial charge in [0.15, 0.2) is 11.6 Å². The number of aromatic amines is 1. The summed E-state index contributed by atoms with van der Waals surface area (Å²) in [4.78, 5) is 7.32. The van der Waals surface area contributed by atoms with Crippen molar-refractivity contribution in [1.82, 2.24) is 15.3 Å². The van der Waals surface area contributed by atoms with Crippen molar-refractivity contribution in [3.8, 4) is 11.1 Å². The number of hydrogen-bond donors (Lipinski definition) is 2. The summed E-state index contributed by atoms with van der Waals surface area (Å²) in [5.74, 6) is -1.59. The first-order valence-electron chi connectivity index (χ1n) is 9.82. The molecule has 2 N–H and O–H groups in total. The molecule has 0 aliphatic heterocycles. The fourth-order valence-corrected chi connectivity index (χ4v) is 4.33. The van der Waals surface area contributed by atoms with E-state index in [0.29, 0.717) is 17.7 Å². The second-order valence-electron chi connectivity index (χ2n) is 7.69. The van der Waals surface area contributed by atoms with Gasteiger partial charge in [-0.25, -0.2) is 13.8 Å². The van der Waals surface area contributed by atoms with Gasteiger partial charge in [-0.15, -0.1) is 12.4 Å². The zero-order valence-corrected chi connectivity index (χ0v) is 17.3. The molecule has 0 spiro atoms. The first kappa shape index (κ1) is 20.5. The van der Waals surface area contributed by atoms with E-state index in [9.17, 15) is 8.78 Å². The number of nitrogens with one attached hydrogen (secondary N) is 2. The number of nitrogens with zero attached hydrogens (tertiary/aromatic N) is 1. The fraction of sp³-hybridized carbons (Fsp3) is 0.208. The minimum Gasteiger partial charge on any atom is -0.345 e. The zero-order valence-electron chi connectivity index (χ0n) is 16.5. The minimum absolute atomic E-state index is 0. The standard InChI is InChI=1S/C24H21F2N3.ClH/c1-14-19(8-9-21-24(14)29-13-28-21)20-7-6-17(22(25)23(20)26)12-27-18-10-15-4-2-3-5-16(15)11-18;/h2-9,13,18,27H,10-12H2,1H3,(H,28,29);1H. The maximum atomic E-state index is 14.9. The topological polar surface area (TPSA) is 40.7 Å². The smallest absolute Gasteiger partial charge is 0.166 e. The zero-order chi connectivity index (χ0) is 20.0. The highest BCUT2D eigenvalue weighted by atomic mass is 35.5. The van der Waals surface area contributed by atoms with Crippen LogP contribution in [0.15, 0.2) is 54.9 Å². The lowest BCUT2D eigenvalue weighted by Crippen LogP contribution is -2.29. The second kappa shape index (κ2) is 8.17. The molecule has 0 fully saturated rings. The van der Waals surface area contributed by atoms with Gasteiger partial charge >= 0.3 is 0 Å². The van der Waals surface area contributed by atoms with E-state index < -0.39 is 11.6 Å². The quantitative estimate of drug-likeness (QED) is 0.453. The molecule has 30 heavy (non-hydrogen) atoms. The molecule has 0 saturated carbocycles. The lowest BCUT2D eigenvalue weighted by Gasteiger charge is -2.14. The third kappa shape index (κ3) is 3.48. The largest absolute Gasteiger partial charge is 0.345 e. The predicted molar refractivity (Wildman–Crippen MR) is 118 cm³/mol. The number of H-pyrrole nitrogens is 1. The van der Waals surface area contributed by atoms with Gasteiger partial charge in [0.2, 0.25) is 0 Å². The van der Waals surface area contributed by atoms with Crippen molar-refractivity contribution in [3.63, 3.8) is 0 Å². The van der Waals surface area contributed by atoms with Gasteiger partial charge in [-0.1, -0.05) is 42.5 Å². The molecule has 1 aliphatic rings. The summed E-state index contributed by atoms with van der Waals surface area (Å²) >= 11 is 0. The number of imidazole rings is 1. The summed E-state index contributed by atoms with van der Waals surface area (Å²) in [5.41, 5.74) is 6.41. The van der Waals surface area contributed by atoms with Crippen LogP contribution in [-0.2, 0) is 19.4 Å². The molecule has 0 unspecified atom stereocenters. The van der Waals surface area contributed by atoms with Crippen LogP contribution in [-0.4, -0.2) is 16.0 Å². The Morgan fingerprint density at radius 2 is 1.67 bits per heavy atom. The molecule has 3 aromatic carbocycles. The SMILES string of the molecule is Cc1c(-c2ccc(CNC3Cc4ccccc4C3)c(F)c2F)ccc2[nH]cnc12.Cl. The minimum atomic E-state index is -0.808. The lowest BCUT2D eigenvalue weighted by atomic mass is 9.97. The van der Waals surface area contributed by atoms with Gasteiger partial charge in [-0.05, 0) is 48.1 Å². The third-order valence-electron chi connectivity index (χ3n) is 5.93. The van der Waals surface area contributed by atoms with Crippen molar-refractivity contribution < 1.29 is 8.78 Å². The second-order valence-corrected chi connectivity index (χ2v) is 7.69. The van der Waals surface area contributed by atoms with Crippen LogP contribution >= 0.6 is 12.4 Å². The van der Waals surface area contributed by atoms with Crippen molar-refractivity contribution in [1.29, 1.82) is 0 Å². The molecule has 0 radical (unpaired) electrons. The van der Waals surface area contributed by atoms with Crippen LogP contribution in [0.2, 0.25) is 0 Å². The Bertz CT molecular complexity index is 1190. The number of halogens is 3. The number of benzene rings is 3. The van der Waals surface area contributed by atoms with E-state index >= 15 is 0 Å². The fourth-order valence-electron chi connectivity index (χ4n) is 4.33. The molecule has 0 amide bonds. The van der Waals surface area contributed by atoms with Crippen LogP contribution in [0.3, 0.4) is 0 Å². The first-order chi connectivity index (χ1) is 14.1. The molecule has 0 bridgehead atoms. The van der Waals surface area contributed by atoms with E-state index in [0.717, 1.165) is 29.4 Å². The van der Waals surface area contributed by atoms with Crippen LogP contribution in [0.5, 0.6) is 0 Å². The molecule has 6 heteroatoms. The lowest BCUT2D eigenvalue weighted by molar-refractivity contribution is 0.479. The number of aromatic nitrogens is 2. The van der Waals surface area contributed by atoms with E-state index in [1.165, 1.54) is 11.1 Å². The Morgan fingerprint density at radius 3 is 2.40 bits per heavy atom. The Kier molecular flexibility index (Phi) is 5.58. The molecule has 154 valence electrons. The van der Waals surface area contributed by atoms with Crippen LogP contribution in [0.4, 0.5) is 8.78 Å². The molecule has 4 aromatic rings. The summed E-state index contributed by atoms with van der Waals surface area (Å²) in [6.07, 6.45) is 3.44. The van der Waals surface area contributed by atoms with E-state index in [-0.39, 0.29) is 24.0 Å². The number of rotatable bonds is 4. The average Bonchev–Trinajstić information content (AvgIpc) is 3.37. The van der Waals surface area contributed by atoms with Crippen LogP contribution in [0, 0.1) is 18.6 Å². The van der Waals surface area contributed by atoms with Gasteiger partial charge in [0, 0.05) is 23.7 Å². The maximum Gasteiger partial charge on any atom is 0.166 e. The molecule has 1 heterocycles. The summed E-state index contributed by atoms with van der Waals surface area (Å²) < 4.78 is 29.8. The van der Waals surface area contributed by atoms with Gasteiger partial charge in [-0.2, -0.15) is 0 Å². The Labute approximate surface area is 180 Å². The van der Waals surface area contributed by atoms with Crippen LogP contribution in [0.1, 0.15) is 22.3 Å². The molecule has 3 nitrogen and oxygen atoms in total. The van der Waals surface area contributed by atoms with Crippen molar-refractivity contribution in [2.75, 3.05) is 0 Å². The molecule has 0 atom stereocenters. The van der Waals surface area contributed by atoms with Gasteiger partial charge in [-0.3, -0.25) is 0 Å². The van der Waals surface area contributed by atoms with Crippen molar-refractivity contribution in [3.05, 3.63) is 88.7 Å². The van der Waals surface area contributed by atoms with Gasteiger partial charge in [0.25, 0.3) is 0 Å². The summed E-state index contributed by atoms with van der Waals surface area (Å²) in [6, 6.07) is 15.6. The Balaban J connectivity index is 0.00000218. The molecule has 1 aromatic heterocycles. The maximum absolute atomic E-state index is 14.9. The van der Waals surface area contributed by atoms with Crippen molar-refractivity contribution >= 4 is 23.4 Å². The van der Waals surface area contributed by atoms with Crippen molar-refractivity contribution in [2.24, 2.45) is 0 Å². The van der Waals surface area contributed by atoms with Gasteiger partial charge in [0.1, 0.15) is 0 Å². The summed E-state index contributed by atoms with van der Waals surface area (Å²) in [5, 5.41) is 3.38. The predicted octanol–water partition coefficient (Wildman–Crippen LogP) is 5.50. The Morgan fingerprint density at radius 1 is 0.967 bits per heavy atom. The number of aryl methyl sites for hydroxylation is 1. The van der Waals surface area contributed by atoms with Crippen LogP contribution in [0.25, 0.3) is 22.2 Å². The molecular formula is C24H22ClF2N3. The van der Waals surface area contributed by atoms with E-state index in [4.69, 9.17) is 0 Å². The highest BCUT2D eigenvalue weighted by molar-refractivity contribution is 5.86. The van der Waals surface area contributed by atoms with Gasteiger partial charge < -0.3 is 10.3 Å². The summed E-state index contributed by atoms with van der Waals surface area (Å²) in [7, 11) is 0. The number of hydrogen-bond acceptors (Lipinski definition) is 2. The molecular weight excluding hydrogens is 404 g/mol. The number of fused-ring (bicyclic) bond motifs is 2. The summed E-state index contributed by atoms with van der Waals surface area (Å²) in [6.45, 7) is 2.18. The Hall–Kier alpha value is -2.76. The monoisotopic (exact) mass is 425 g/mol. The first-order valence-corrected chi connectivity index (χ1v) is 9.82. The van der Waals surface area contributed by atoms with Crippen molar-refractivity contribution in [2.45, 2.75) is 32.4 Å². The highest BCUT2D eigenvalue weighted by Gasteiger charge is 2.22. The molecule has 1 aliphatic carbocycles. The van der Waals surface area contributed by atoms with E-state index in [1.807, 2.05) is 25.1 Å². The van der Waals surface area contributed by atoms with E-state index in [2.05, 4.69) is 27.4 Å². The van der Waals surface area contributed by atoms with Crippen LogP contribution < -0.4 is 5.32 Å². The molecule has 0 saturated heterocycles. The third-order valence-corrected chi connectivity index (χ3v) is 5.93. The van der Waals surface area contributed by atoms with Gasteiger partial charge in [0.05, 0.1) is 17.4 Å². The average molecular weight is 426 g/mol. The van der Waals surface area contributed by atoms with E-state index in [1.54, 1.807) is 24.5 Å². The molecule has 5 rings (SSSR count). The normalized spacial score (nSPS) is 13.4.